The molecule has 0 atom stereocenters. The number of amides is 1. The van der Waals surface area contributed by atoms with E-state index in [2.05, 4.69) is 15.4 Å². The monoisotopic (exact) mass is 322 g/mol. The van der Waals surface area contributed by atoms with Gasteiger partial charge in [0, 0.05) is 12.2 Å². The molecule has 2 aromatic heterocycles. The zero-order valence-electron chi connectivity index (χ0n) is 12.9. The van der Waals surface area contributed by atoms with Crippen LogP contribution in [0.1, 0.15) is 52.7 Å². The summed E-state index contributed by atoms with van der Waals surface area (Å²) < 4.78 is 6.64. The van der Waals surface area contributed by atoms with Crippen LogP contribution >= 0.6 is 11.3 Å². The van der Waals surface area contributed by atoms with Crippen LogP contribution in [-0.4, -0.2) is 33.2 Å². The Kier molecular flexibility index (Phi) is 4.92. The molecule has 0 aliphatic rings. The number of aryl methyl sites for hydroxylation is 1. The molecule has 0 aliphatic heterocycles. The predicted octanol–water partition coefficient (Wildman–Crippen LogP) is 2.66. The lowest BCUT2D eigenvalue weighted by atomic mass is 10.4. The summed E-state index contributed by atoms with van der Waals surface area (Å²) in [6.07, 6.45) is 1.75. The van der Waals surface area contributed by atoms with Gasteiger partial charge in [-0.15, -0.1) is 0 Å². The highest BCUT2D eigenvalue weighted by molar-refractivity contribution is 7.17. The molecule has 1 amide bonds. The van der Waals surface area contributed by atoms with Crippen LogP contribution in [-0.2, 0) is 4.74 Å². The quantitative estimate of drug-likeness (QED) is 0.855. The molecule has 0 saturated heterocycles. The summed E-state index contributed by atoms with van der Waals surface area (Å²) in [6.45, 7) is 7.69. The number of hydrogen-bond donors (Lipinski definition) is 1. The van der Waals surface area contributed by atoms with Crippen LogP contribution in [0.5, 0.6) is 0 Å². The number of aromatic nitrogens is 3. The SMILES string of the molecule is CCOC(=O)c1sc(NC(=O)c2ccn(C(C)C)n2)nc1C. The first-order chi connectivity index (χ1) is 10.4. The van der Waals surface area contributed by atoms with Gasteiger partial charge in [0.15, 0.2) is 10.8 Å². The normalized spacial score (nSPS) is 10.8. The molecular formula is C14H18N4O3S. The summed E-state index contributed by atoms with van der Waals surface area (Å²) in [5.41, 5.74) is 0.839. The molecule has 1 N–H and O–H groups in total. The zero-order valence-corrected chi connectivity index (χ0v) is 13.7. The van der Waals surface area contributed by atoms with Crippen molar-refractivity contribution in [3.05, 3.63) is 28.5 Å². The van der Waals surface area contributed by atoms with Gasteiger partial charge < -0.3 is 4.74 Å². The summed E-state index contributed by atoms with van der Waals surface area (Å²) in [5.74, 6) is -0.786. The summed E-state index contributed by atoms with van der Waals surface area (Å²) in [6, 6.07) is 1.82. The Hall–Kier alpha value is -2.22. The first-order valence-corrected chi connectivity index (χ1v) is 7.75. The molecule has 0 radical (unpaired) electrons. The number of ether oxygens (including phenoxy) is 1. The van der Waals surface area contributed by atoms with E-state index >= 15 is 0 Å². The number of hydrogen-bond acceptors (Lipinski definition) is 6. The van der Waals surface area contributed by atoms with Gasteiger partial charge in [-0.1, -0.05) is 11.3 Å². The number of nitrogens with one attached hydrogen (secondary N) is 1. The van der Waals surface area contributed by atoms with E-state index in [0.29, 0.717) is 28.0 Å². The number of anilines is 1. The fraction of sp³-hybridized carbons (Fsp3) is 0.429. The van der Waals surface area contributed by atoms with E-state index in [1.165, 1.54) is 0 Å². The second-order valence-corrected chi connectivity index (χ2v) is 5.88. The average Bonchev–Trinajstić information content (AvgIpc) is 3.06. The first-order valence-electron chi connectivity index (χ1n) is 6.93. The van der Waals surface area contributed by atoms with E-state index in [4.69, 9.17) is 4.74 Å². The summed E-state index contributed by atoms with van der Waals surface area (Å²) in [7, 11) is 0. The minimum absolute atomic E-state index is 0.180. The Balaban J connectivity index is 2.11. The molecule has 8 heteroatoms. The highest BCUT2D eigenvalue weighted by Gasteiger charge is 2.19. The van der Waals surface area contributed by atoms with Crippen molar-refractivity contribution >= 4 is 28.3 Å². The zero-order chi connectivity index (χ0) is 16.3. The van der Waals surface area contributed by atoms with Gasteiger partial charge in [0.2, 0.25) is 0 Å². The van der Waals surface area contributed by atoms with E-state index < -0.39 is 5.97 Å². The molecular weight excluding hydrogens is 304 g/mol. The lowest BCUT2D eigenvalue weighted by Gasteiger charge is -2.03. The molecule has 0 unspecified atom stereocenters. The largest absolute Gasteiger partial charge is 0.462 e. The Morgan fingerprint density at radius 2 is 2.18 bits per heavy atom. The molecule has 0 bridgehead atoms. The summed E-state index contributed by atoms with van der Waals surface area (Å²) >= 11 is 1.09. The molecule has 7 nitrogen and oxygen atoms in total. The lowest BCUT2D eigenvalue weighted by Crippen LogP contribution is -2.13. The van der Waals surface area contributed by atoms with Crippen molar-refractivity contribution in [2.45, 2.75) is 33.7 Å². The maximum atomic E-state index is 12.1. The molecule has 22 heavy (non-hydrogen) atoms. The van der Waals surface area contributed by atoms with Crippen molar-refractivity contribution in [3.63, 3.8) is 0 Å². The van der Waals surface area contributed by atoms with E-state index in [1.54, 1.807) is 30.8 Å². The fourth-order valence-electron chi connectivity index (χ4n) is 1.74. The van der Waals surface area contributed by atoms with Gasteiger partial charge in [0.25, 0.3) is 5.91 Å². The molecule has 2 aromatic rings. The number of thiazole rings is 1. The molecule has 0 fully saturated rings. The number of esters is 1. The summed E-state index contributed by atoms with van der Waals surface area (Å²) in [4.78, 5) is 28.4. The lowest BCUT2D eigenvalue weighted by molar-refractivity contribution is 0.0531. The Morgan fingerprint density at radius 1 is 1.45 bits per heavy atom. The van der Waals surface area contributed by atoms with Gasteiger partial charge in [0.05, 0.1) is 12.3 Å². The minimum atomic E-state index is -0.429. The van der Waals surface area contributed by atoms with E-state index in [0.717, 1.165) is 11.3 Å². The van der Waals surface area contributed by atoms with E-state index in [9.17, 15) is 9.59 Å². The molecule has 0 aromatic carbocycles. The smallest absolute Gasteiger partial charge is 0.350 e. The van der Waals surface area contributed by atoms with Gasteiger partial charge in [-0.05, 0) is 33.8 Å². The average molecular weight is 322 g/mol. The third-order valence-corrected chi connectivity index (χ3v) is 3.90. The van der Waals surface area contributed by atoms with Gasteiger partial charge in [0.1, 0.15) is 4.88 Å². The topological polar surface area (TPSA) is 86.1 Å². The molecule has 0 aliphatic carbocycles. The van der Waals surface area contributed by atoms with E-state index in [-0.39, 0.29) is 11.9 Å². The molecule has 0 saturated carbocycles. The van der Waals surface area contributed by atoms with Crippen LogP contribution in [0.4, 0.5) is 5.13 Å². The van der Waals surface area contributed by atoms with Gasteiger partial charge in [-0.25, -0.2) is 9.78 Å². The number of carbonyl (C=O) groups is 2. The van der Waals surface area contributed by atoms with E-state index in [1.807, 2.05) is 13.8 Å². The molecule has 2 rings (SSSR count). The Labute approximate surface area is 132 Å². The van der Waals surface area contributed by atoms with Crippen LogP contribution in [0.15, 0.2) is 12.3 Å². The van der Waals surface area contributed by atoms with Crippen LogP contribution in [0.3, 0.4) is 0 Å². The van der Waals surface area contributed by atoms with Gasteiger partial charge in [-0.3, -0.25) is 14.8 Å². The van der Waals surface area contributed by atoms with Crippen LogP contribution in [0, 0.1) is 6.92 Å². The van der Waals surface area contributed by atoms with Crippen molar-refractivity contribution in [2.75, 3.05) is 11.9 Å². The Morgan fingerprint density at radius 3 is 2.77 bits per heavy atom. The van der Waals surface area contributed by atoms with Crippen molar-refractivity contribution in [2.24, 2.45) is 0 Å². The standard InChI is InChI=1S/C14H18N4O3S/c1-5-21-13(20)11-9(4)15-14(22-11)16-12(19)10-6-7-18(17-10)8(2)3/h6-8H,5H2,1-4H3,(H,15,16,19). The number of carbonyl (C=O) groups excluding carboxylic acids is 2. The second-order valence-electron chi connectivity index (χ2n) is 4.88. The van der Waals surface area contributed by atoms with Crippen LogP contribution in [0.2, 0.25) is 0 Å². The second kappa shape index (κ2) is 6.69. The minimum Gasteiger partial charge on any atom is -0.462 e. The van der Waals surface area contributed by atoms with Gasteiger partial charge >= 0.3 is 5.97 Å². The van der Waals surface area contributed by atoms with Gasteiger partial charge in [-0.2, -0.15) is 5.10 Å². The van der Waals surface area contributed by atoms with Crippen LogP contribution in [0.25, 0.3) is 0 Å². The maximum absolute atomic E-state index is 12.1. The fourth-order valence-corrected chi connectivity index (χ4v) is 2.60. The van der Waals surface area contributed by atoms with Crippen molar-refractivity contribution in [3.8, 4) is 0 Å². The van der Waals surface area contributed by atoms with Crippen LogP contribution < -0.4 is 5.32 Å². The van der Waals surface area contributed by atoms with Crippen molar-refractivity contribution < 1.29 is 14.3 Å². The van der Waals surface area contributed by atoms with Crippen molar-refractivity contribution in [1.29, 1.82) is 0 Å². The third kappa shape index (κ3) is 3.51. The number of nitrogens with zero attached hydrogens (tertiary/aromatic N) is 3. The highest BCUT2D eigenvalue weighted by atomic mass is 32.1. The predicted molar refractivity (Wildman–Crippen MR) is 83.4 cm³/mol. The third-order valence-electron chi connectivity index (χ3n) is 2.85. The first kappa shape index (κ1) is 16.2. The Bertz CT molecular complexity index is 690. The van der Waals surface area contributed by atoms with Crippen molar-refractivity contribution in [1.82, 2.24) is 14.8 Å². The maximum Gasteiger partial charge on any atom is 0.350 e. The summed E-state index contributed by atoms with van der Waals surface area (Å²) in [5, 5.41) is 7.19. The molecule has 118 valence electrons. The molecule has 2 heterocycles. The molecule has 0 spiro atoms. The number of rotatable bonds is 5. The highest BCUT2D eigenvalue weighted by Crippen LogP contribution is 2.23.